The Morgan fingerprint density at radius 1 is 1.56 bits per heavy atom. The highest BCUT2D eigenvalue weighted by molar-refractivity contribution is 9.10. The van der Waals surface area contributed by atoms with Crippen molar-refractivity contribution in [1.82, 2.24) is 5.32 Å². The Balaban J connectivity index is 2.57. The quantitative estimate of drug-likeness (QED) is 0.782. The second-order valence-corrected chi connectivity index (χ2v) is 5.36. The summed E-state index contributed by atoms with van der Waals surface area (Å²) >= 11 is 8.87. The van der Waals surface area contributed by atoms with Gasteiger partial charge in [-0.15, -0.1) is 11.6 Å². The predicted octanol–water partition coefficient (Wildman–Crippen LogP) is 3.54. The van der Waals surface area contributed by atoms with E-state index in [4.69, 9.17) is 11.6 Å². The van der Waals surface area contributed by atoms with Crippen LogP contribution in [0.2, 0.25) is 0 Å². The van der Waals surface area contributed by atoms with E-state index in [1.807, 2.05) is 0 Å². The Morgan fingerprint density at radius 3 is 2.83 bits per heavy atom. The van der Waals surface area contributed by atoms with Gasteiger partial charge in [-0.1, -0.05) is 13.3 Å². The zero-order valence-corrected chi connectivity index (χ0v) is 12.6. The Kier molecular flexibility index (Phi) is 6.50. The highest BCUT2D eigenvalue weighted by Crippen LogP contribution is 2.24. The first-order chi connectivity index (χ1) is 8.58. The van der Waals surface area contributed by atoms with Gasteiger partial charge in [0.05, 0.1) is 4.47 Å². The number of benzene rings is 1. The third kappa shape index (κ3) is 4.50. The molecule has 0 aliphatic heterocycles. The molecule has 18 heavy (non-hydrogen) atoms. The van der Waals surface area contributed by atoms with Gasteiger partial charge < -0.3 is 10.4 Å². The normalized spacial score (nSPS) is 12.2. The molecule has 0 saturated carbocycles. The van der Waals surface area contributed by atoms with Crippen molar-refractivity contribution in [3.63, 3.8) is 0 Å². The fourth-order valence-electron chi connectivity index (χ4n) is 1.60. The molecule has 1 aromatic rings. The van der Waals surface area contributed by atoms with Gasteiger partial charge in [0.2, 0.25) is 0 Å². The third-order valence-electron chi connectivity index (χ3n) is 2.85. The molecule has 1 atom stereocenters. The van der Waals surface area contributed by atoms with Crippen LogP contribution in [0, 0.1) is 5.92 Å². The lowest BCUT2D eigenvalue weighted by Crippen LogP contribution is -2.29. The minimum atomic E-state index is -0.175. The number of aromatic hydroxyl groups is 1. The molecule has 100 valence electrons. The summed E-state index contributed by atoms with van der Waals surface area (Å²) in [6.07, 6.45) is 1.88. The zero-order valence-electron chi connectivity index (χ0n) is 10.2. The van der Waals surface area contributed by atoms with Gasteiger partial charge in [-0.25, -0.2) is 0 Å². The summed E-state index contributed by atoms with van der Waals surface area (Å²) in [7, 11) is 0. The molecule has 0 bridgehead atoms. The molecule has 0 aromatic heterocycles. The van der Waals surface area contributed by atoms with Crippen molar-refractivity contribution in [3.8, 4) is 5.75 Å². The van der Waals surface area contributed by atoms with Crippen LogP contribution in [0.25, 0.3) is 0 Å². The highest BCUT2D eigenvalue weighted by Gasteiger charge is 2.11. The molecule has 1 unspecified atom stereocenters. The number of rotatable bonds is 6. The Hall–Kier alpha value is -0.740. The van der Waals surface area contributed by atoms with E-state index < -0.39 is 0 Å². The Bertz CT molecular complexity index is 412. The van der Waals surface area contributed by atoms with Gasteiger partial charge in [-0.2, -0.15) is 0 Å². The summed E-state index contributed by atoms with van der Waals surface area (Å²) in [5.41, 5.74) is 0.455. The van der Waals surface area contributed by atoms with Crippen molar-refractivity contribution in [1.29, 1.82) is 0 Å². The van der Waals surface area contributed by atoms with E-state index in [1.54, 1.807) is 12.1 Å². The Morgan fingerprint density at radius 2 is 2.28 bits per heavy atom. The standard InChI is InChI=1S/C13H17BrClNO2/c1-2-9(5-6-15)8-16-13(18)10-3-4-11(14)12(17)7-10/h3-4,7,9,17H,2,5-6,8H2,1H3,(H,16,18). The van der Waals surface area contributed by atoms with E-state index in [9.17, 15) is 9.90 Å². The maximum atomic E-state index is 11.9. The molecule has 3 nitrogen and oxygen atoms in total. The number of halogens is 2. The van der Waals surface area contributed by atoms with Crippen LogP contribution in [0.15, 0.2) is 22.7 Å². The zero-order chi connectivity index (χ0) is 13.5. The van der Waals surface area contributed by atoms with Gasteiger partial charge in [0.15, 0.2) is 0 Å². The third-order valence-corrected chi connectivity index (χ3v) is 3.74. The van der Waals surface area contributed by atoms with Gasteiger partial charge in [0, 0.05) is 18.0 Å². The molecule has 0 spiro atoms. The molecule has 0 heterocycles. The molecule has 0 saturated heterocycles. The Labute approximate surface area is 121 Å². The summed E-state index contributed by atoms with van der Waals surface area (Å²) in [6, 6.07) is 4.77. The van der Waals surface area contributed by atoms with Crippen LogP contribution in [0.3, 0.4) is 0 Å². The topological polar surface area (TPSA) is 49.3 Å². The van der Waals surface area contributed by atoms with Crippen molar-refractivity contribution in [2.24, 2.45) is 5.92 Å². The largest absolute Gasteiger partial charge is 0.507 e. The molecular formula is C13H17BrClNO2. The molecule has 0 fully saturated rings. The minimum Gasteiger partial charge on any atom is -0.507 e. The number of hydrogen-bond acceptors (Lipinski definition) is 2. The van der Waals surface area contributed by atoms with E-state index in [0.29, 0.717) is 28.4 Å². The van der Waals surface area contributed by atoms with Gasteiger partial charge >= 0.3 is 0 Å². The number of hydrogen-bond donors (Lipinski definition) is 2. The lowest BCUT2D eigenvalue weighted by Gasteiger charge is -2.14. The van der Waals surface area contributed by atoms with E-state index >= 15 is 0 Å². The van der Waals surface area contributed by atoms with Crippen LogP contribution < -0.4 is 5.32 Å². The molecular weight excluding hydrogens is 318 g/mol. The first-order valence-electron chi connectivity index (χ1n) is 5.91. The predicted molar refractivity (Wildman–Crippen MR) is 77.3 cm³/mol. The number of nitrogens with one attached hydrogen (secondary N) is 1. The van der Waals surface area contributed by atoms with Gasteiger partial charge in [-0.3, -0.25) is 4.79 Å². The summed E-state index contributed by atoms with van der Waals surface area (Å²) in [5.74, 6) is 0.893. The van der Waals surface area contributed by atoms with Crippen LogP contribution in [0.4, 0.5) is 0 Å². The first kappa shape index (κ1) is 15.3. The fraction of sp³-hybridized carbons (Fsp3) is 0.462. The molecule has 1 amide bonds. The number of carbonyl (C=O) groups is 1. The van der Waals surface area contributed by atoms with Crippen LogP contribution in [0.5, 0.6) is 5.75 Å². The average molecular weight is 335 g/mol. The van der Waals surface area contributed by atoms with E-state index in [0.717, 1.165) is 12.8 Å². The van der Waals surface area contributed by atoms with Gasteiger partial charge in [0.25, 0.3) is 5.91 Å². The fourth-order valence-corrected chi connectivity index (χ4v) is 2.15. The molecule has 2 N–H and O–H groups in total. The molecule has 1 aromatic carbocycles. The van der Waals surface area contributed by atoms with E-state index in [1.165, 1.54) is 6.07 Å². The number of phenols is 1. The molecule has 0 aliphatic carbocycles. The average Bonchev–Trinajstić information content (AvgIpc) is 2.37. The summed E-state index contributed by atoms with van der Waals surface area (Å²) in [5, 5.41) is 12.4. The minimum absolute atomic E-state index is 0.0652. The number of alkyl halides is 1. The maximum absolute atomic E-state index is 11.9. The number of amides is 1. The summed E-state index contributed by atoms with van der Waals surface area (Å²) in [4.78, 5) is 11.9. The van der Waals surface area contributed by atoms with E-state index in [2.05, 4.69) is 28.2 Å². The first-order valence-corrected chi connectivity index (χ1v) is 7.23. The van der Waals surface area contributed by atoms with Crippen LogP contribution in [-0.4, -0.2) is 23.4 Å². The maximum Gasteiger partial charge on any atom is 0.251 e. The smallest absolute Gasteiger partial charge is 0.251 e. The number of carbonyl (C=O) groups excluding carboxylic acids is 1. The lowest BCUT2D eigenvalue weighted by molar-refractivity contribution is 0.0946. The van der Waals surface area contributed by atoms with Gasteiger partial charge in [0.1, 0.15) is 5.75 Å². The molecule has 0 radical (unpaired) electrons. The molecule has 0 aliphatic rings. The van der Waals surface area contributed by atoms with Crippen molar-refractivity contribution in [2.75, 3.05) is 12.4 Å². The second kappa shape index (κ2) is 7.64. The van der Waals surface area contributed by atoms with Gasteiger partial charge in [-0.05, 0) is 46.5 Å². The van der Waals surface area contributed by atoms with Crippen LogP contribution >= 0.6 is 27.5 Å². The van der Waals surface area contributed by atoms with Crippen molar-refractivity contribution in [2.45, 2.75) is 19.8 Å². The van der Waals surface area contributed by atoms with Crippen molar-refractivity contribution in [3.05, 3.63) is 28.2 Å². The van der Waals surface area contributed by atoms with E-state index in [-0.39, 0.29) is 11.7 Å². The number of phenolic OH excluding ortho intramolecular Hbond substituents is 1. The summed E-state index contributed by atoms with van der Waals surface area (Å²) < 4.78 is 0.577. The lowest BCUT2D eigenvalue weighted by atomic mass is 10.0. The highest BCUT2D eigenvalue weighted by atomic mass is 79.9. The molecule has 1 rings (SSSR count). The van der Waals surface area contributed by atoms with Crippen LogP contribution in [-0.2, 0) is 0 Å². The van der Waals surface area contributed by atoms with Crippen molar-refractivity contribution < 1.29 is 9.90 Å². The SMILES string of the molecule is CCC(CCCl)CNC(=O)c1ccc(Br)c(O)c1. The van der Waals surface area contributed by atoms with Crippen LogP contribution in [0.1, 0.15) is 30.1 Å². The second-order valence-electron chi connectivity index (χ2n) is 4.13. The molecule has 5 heteroatoms. The monoisotopic (exact) mass is 333 g/mol. The van der Waals surface area contributed by atoms with Crippen molar-refractivity contribution >= 4 is 33.4 Å². The summed E-state index contributed by atoms with van der Waals surface area (Å²) in [6.45, 7) is 2.69.